The first-order chi connectivity index (χ1) is 4.43. The third-order valence-electron chi connectivity index (χ3n) is 1.18. The molecular formula is C7H9BrO. The Kier molecular flexibility index (Phi) is 2.84. The Balaban J connectivity index is 2.30. The van der Waals surface area contributed by atoms with Crippen LogP contribution in [0.1, 0.15) is 12.0 Å². The van der Waals surface area contributed by atoms with Gasteiger partial charge in [-0.3, -0.25) is 0 Å². The maximum Gasteiger partial charge on any atom is 0.0934 e. The summed E-state index contributed by atoms with van der Waals surface area (Å²) in [6.45, 7) is 0. The van der Waals surface area contributed by atoms with Gasteiger partial charge in [-0.1, -0.05) is 15.9 Å². The van der Waals surface area contributed by atoms with Crippen LogP contribution in [0.15, 0.2) is 23.0 Å². The topological polar surface area (TPSA) is 13.1 Å². The highest BCUT2D eigenvalue weighted by Gasteiger charge is 1.90. The molecule has 0 fully saturated rings. The van der Waals surface area contributed by atoms with E-state index in [1.807, 2.05) is 6.07 Å². The van der Waals surface area contributed by atoms with E-state index >= 15 is 0 Å². The van der Waals surface area contributed by atoms with Crippen molar-refractivity contribution in [2.45, 2.75) is 12.8 Å². The van der Waals surface area contributed by atoms with E-state index in [1.54, 1.807) is 12.5 Å². The van der Waals surface area contributed by atoms with Crippen molar-refractivity contribution >= 4 is 15.9 Å². The van der Waals surface area contributed by atoms with E-state index < -0.39 is 0 Å². The van der Waals surface area contributed by atoms with E-state index in [-0.39, 0.29) is 0 Å². The molecule has 0 unspecified atom stereocenters. The molecule has 0 N–H and O–H groups in total. The third kappa shape index (κ3) is 2.22. The molecule has 0 radical (unpaired) electrons. The molecular weight excluding hydrogens is 180 g/mol. The van der Waals surface area contributed by atoms with Crippen LogP contribution in [0.5, 0.6) is 0 Å². The minimum atomic E-state index is 1.07. The average molecular weight is 189 g/mol. The molecule has 0 saturated heterocycles. The van der Waals surface area contributed by atoms with Crippen molar-refractivity contribution in [2.75, 3.05) is 5.33 Å². The maximum atomic E-state index is 4.90. The lowest BCUT2D eigenvalue weighted by Gasteiger charge is -1.88. The van der Waals surface area contributed by atoms with Crippen LogP contribution in [-0.2, 0) is 6.42 Å². The molecule has 1 nitrogen and oxygen atoms in total. The smallest absolute Gasteiger partial charge is 0.0934 e. The second-order valence-corrected chi connectivity index (χ2v) is 2.72. The molecule has 0 aliphatic carbocycles. The zero-order valence-corrected chi connectivity index (χ0v) is 6.73. The first kappa shape index (κ1) is 6.87. The molecule has 0 amide bonds. The summed E-state index contributed by atoms with van der Waals surface area (Å²) in [5.74, 6) is 0. The average Bonchev–Trinajstić information content (AvgIpc) is 2.34. The van der Waals surface area contributed by atoms with E-state index in [9.17, 15) is 0 Å². The molecule has 0 aliphatic heterocycles. The Morgan fingerprint density at radius 1 is 1.56 bits per heavy atom. The molecule has 1 heterocycles. The van der Waals surface area contributed by atoms with Gasteiger partial charge in [0.25, 0.3) is 0 Å². The fourth-order valence-corrected chi connectivity index (χ4v) is 0.986. The molecule has 9 heavy (non-hydrogen) atoms. The van der Waals surface area contributed by atoms with Gasteiger partial charge in [-0.15, -0.1) is 0 Å². The Bertz CT molecular complexity index is 146. The molecule has 0 atom stereocenters. The zero-order valence-electron chi connectivity index (χ0n) is 5.14. The van der Waals surface area contributed by atoms with Gasteiger partial charge in [0.15, 0.2) is 0 Å². The van der Waals surface area contributed by atoms with Gasteiger partial charge in [-0.25, -0.2) is 0 Å². The zero-order chi connectivity index (χ0) is 6.53. The third-order valence-corrected chi connectivity index (χ3v) is 1.74. The first-order valence-corrected chi connectivity index (χ1v) is 4.12. The molecule has 0 bridgehead atoms. The largest absolute Gasteiger partial charge is 0.472 e. The summed E-state index contributed by atoms with van der Waals surface area (Å²) in [5, 5.41) is 1.07. The number of halogens is 1. The molecule has 1 aromatic heterocycles. The summed E-state index contributed by atoms with van der Waals surface area (Å²) >= 11 is 3.36. The molecule has 0 spiro atoms. The number of hydrogen-bond acceptors (Lipinski definition) is 1. The standard InChI is InChI=1S/C7H9BrO/c8-4-1-2-7-3-5-9-6-7/h3,5-6H,1-2,4H2. The van der Waals surface area contributed by atoms with Gasteiger partial charge in [0, 0.05) is 5.33 Å². The Hall–Kier alpha value is -0.240. The van der Waals surface area contributed by atoms with E-state index in [1.165, 1.54) is 12.0 Å². The van der Waals surface area contributed by atoms with Crippen molar-refractivity contribution in [3.63, 3.8) is 0 Å². The van der Waals surface area contributed by atoms with Gasteiger partial charge >= 0.3 is 0 Å². The lowest BCUT2D eigenvalue weighted by atomic mass is 10.2. The Labute approximate surface area is 63.2 Å². The summed E-state index contributed by atoms with van der Waals surface area (Å²) in [4.78, 5) is 0. The van der Waals surface area contributed by atoms with Gasteiger partial charge in [0.2, 0.25) is 0 Å². The van der Waals surface area contributed by atoms with Crippen molar-refractivity contribution in [1.82, 2.24) is 0 Å². The number of rotatable bonds is 3. The fourth-order valence-electron chi connectivity index (χ4n) is 0.706. The summed E-state index contributed by atoms with van der Waals surface area (Å²) < 4.78 is 4.90. The van der Waals surface area contributed by atoms with Crippen LogP contribution >= 0.6 is 15.9 Å². The van der Waals surface area contributed by atoms with Gasteiger partial charge < -0.3 is 4.42 Å². The molecule has 1 aromatic rings. The molecule has 0 aliphatic rings. The van der Waals surface area contributed by atoms with Crippen molar-refractivity contribution in [3.05, 3.63) is 24.2 Å². The molecule has 0 aromatic carbocycles. The predicted molar refractivity (Wildman–Crippen MR) is 40.8 cm³/mol. The normalized spacial score (nSPS) is 9.89. The lowest BCUT2D eigenvalue weighted by Crippen LogP contribution is -1.80. The molecule has 2 heteroatoms. The van der Waals surface area contributed by atoms with E-state index in [0.717, 1.165) is 11.8 Å². The van der Waals surface area contributed by atoms with Crippen LogP contribution in [0.3, 0.4) is 0 Å². The van der Waals surface area contributed by atoms with Crippen molar-refractivity contribution in [2.24, 2.45) is 0 Å². The van der Waals surface area contributed by atoms with Gasteiger partial charge in [0.1, 0.15) is 0 Å². The Morgan fingerprint density at radius 3 is 3.00 bits per heavy atom. The molecule has 50 valence electrons. The fraction of sp³-hybridized carbons (Fsp3) is 0.429. The first-order valence-electron chi connectivity index (χ1n) is 3.00. The number of alkyl halides is 1. The van der Waals surface area contributed by atoms with Gasteiger partial charge in [-0.05, 0) is 24.5 Å². The highest BCUT2D eigenvalue weighted by molar-refractivity contribution is 9.09. The SMILES string of the molecule is BrCCCc1ccoc1. The number of furan rings is 1. The highest BCUT2D eigenvalue weighted by Crippen LogP contribution is 2.03. The number of hydrogen-bond donors (Lipinski definition) is 0. The number of aryl methyl sites for hydroxylation is 1. The quantitative estimate of drug-likeness (QED) is 0.666. The molecule has 0 saturated carbocycles. The van der Waals surface area contributed by atoms with E-state index in [2.05, 4.69) is 15.9 Å². The van der Waals surface area contributed by atoms with Crippen molar-refractivity contribution in [3.8, 4) is 0 Å². The van der Waals surface area contributed by atoms with Crippen LogP contribution in [0.4, 0.5) is 0 Å². The van der Waals surface area contributed by atoms with Crippen LogP contribution in [0.2, 0.25) is 0 Å². The predicted octanol–water partition coefficient (Wildman–Crippen LogP) is 2.61. The van der Waals surface area contributed by atoms with Crippen molar-refractivity contribution < 1.29 is 4.42 Å². The van der Waals surface area contributed by atoms with Gasteiger partial charge in [-0.2, -0.15) is 0 Å². The van der Waals surface area contributed by atoms with Gasteiger partial charge in [0.05, 0.1) is 12.5 Å². The summed E-state index contributed by atoms with van der Waals surface area (Å²) in [6, 6.07) is 2.00. The van der Waals surface area contributed by atoms with Crippen molar-refractivity contribution in [1.29, 1.82) is 0 Å². The van der Waals surface area contributed by atoms with Crippen LogP contribution < -0.4 is 0 Å². The summed E-state index contributed by atoms with van der Waals surface area (Å²) in [6.07, 6.45) is 5.80. The maximum absolute atomic E-state index is 4.90. The van der Waals surface area contributed by atoms with Crippen LogP contribution in [-0.4, -0.2) is 5.33 Å². The lowest BCUT2D eigenvalue weighted by molar-refractivity contribution is 0.563. The minimum absolute atomic E-state index is 1.07. The van der Waals surface area contributed by atoms with Crippen LogP contribution in [0, 0.1) is 0 Å². The van der Waals surface area contributed by atoms with E-state index in [0.29, 0.717) is 0 Å². The second kappa shape index (κ2) is 3.72. The monoisotopic (exact) mass is 188 g/mol. The minimum Gasteiger partial charge on any atom is -0.472 e. The summed E-state index contributed by atoms with van der Waals surface area (Å²) in [5.41, 5.74) is 1.29. The summed E-state index contributed by atoms with van der Waals surface area (Å²) in [7, 11) is 0. The highest BCUT2D eigenvalue weighted by atomic mass is 79.9. The Morgan fingerprint density at radius 2 is 2.44 bits per heavy atom. The van der Waals surface area contributed by atoms with Crippen LogP contribution in [0.25, 0.3) is 0 Å². The van der Waals surface area contributed by atoms with E-state index in [4.69, 9.17) is 4.42 Å². The second-order valence-electron chi connectivity index (χ2n) is 1.92. The molecule has 1 rings (SSSR count).